The van der Waals surface area contributed by atoms with Crippen molar-refractivity contribution in [1.82, 2.24) is 5.32 Å². The van der Waals surface area contributed by atoms with Crippen LogP contribution in [0.5, 0.6) is 5.75 Å². The smallest absolute Gasteiger partial charge is 0.337 e. The zero-order chi connectivity index (χ0) is 23.7. The summed E-state index contributed by atoms with van der Waals surface area (Å²) in [6.45, 7) is 3.65. The first-order valence-electron chi connectivity index (χ1n) is 11.6. The molecule has 0 saturated heterocycles. The molecule has 7 nitrogen and oxygen atoms in total. The van der Waals surface area contributed by atoms with Gasteiger partial charge in [-0.2, -0.15) is 0 Å². The van der Waals surface area contributed by atoms with Gasteiger partial charge in [0.25, 0.3) is 0 Å². The van der Waals surface area contributed by atoms with Crippen molar-refractivity contribution < 1.29 is 29.0 Å². The molecule has 4 rings (SSSR count). The molecular weight excluding hydrogens is 422 g/mol. The van der Waals surface area contributed by atoms with Crippen LogP contribution >= 0.6 is 0 Å². The molecule has 0 radical (unpaired) electrons. The molecule has 1 saturated carbocycles. The van der Waals surface area contributed by atoms with Gasteiger partial charge in [-0.25, -0.2) is 4.79 Å². The highest BCUT2D eigenvalue weighted by atomic mass is 16.5. The van der Waals surface area contributed by atoms with E-state index in [-0.39, 0.29) is 23.6 Å². The number of aromatic hydroxyl groups is 1. The number of phenolic OH excluding ortho intramolecular Hbond substituents is 1. The minimum absolute atomic E-state index is 0.0342. The largest absolute Gasteiger partial charge is 0.508 e. The second-order valence-corrected chi connectivity index (χ2v) is 9.30. The van der Waals surface area contributed by atoms with Crippen LogP contribution in [-0.4, -0.2) is 36.0 Å². The second kappa shape index (κ2) is 9.41. The lowest BCUT2D eigenvalue weighted by molar-refractivity contribution is -0.151. The molecule has 2 N–H and O–H groups in total. The van der Waals surface area contributed by atoms with Gasteiger partial charge in [0.1, 0.15) is 17.8 Å². The van der Waals surface area contributed by atoms with Crippen LogP contribution in [0.1, 0.15) is 63.9 Å². The van der Waals surface area contributed by atoms with Crippen molar-refractivity contribution in [2.24, 2.45) is 11.8 Å². The average Bonchev–Trinajstić information content (AvgIpc) is 2.78. The van der Waals surface area contributed by atoms with Gasteiger partial charge in [0.05, 0.1) is 12.7 Å². The third-order valence-corrected chi connectivity index (χ3v) is 6.99. The number of hydrogen-bond donors (Lipinski definition) is 2. The molecular formula is C26H31NO6. The SMILES string of the molecule is COC(=O)[C@@H]1C(=O)C2=C(C[C@@H]1C)NC(C)=C(C(=O)OC1CCCCC1)[C@H]2c1cccc(O)c1. The van der Waals surface area contributed by atoms with E-state index in [0.29, 0.717) is 34.5 Å². The second-order valence-electron chi connectivity index (χ2n) is 9.30. The first-order chi connectivity index (χ1) is 15.8. The number of benzene rings is 1. The molecule has 1 heterocycles. The predicted octanol–water partition coefficient (Wildman–Crippen LogP) is 3.88. The van der Waals surface area contributed by atoms with Crippen molar-refractivity contribution >= 4 is 17.7 Å². The number of esters is 2. The number of Topliss-reactive ketones (excluding diaryl/α,β-unsaturated/α-hetero) is 1. The van der Waals surface area contributed by atoms with E-state index < -0.39 is 23.8 Å². The maximum absolute atomic E-state index is 13.7. The van der Waals surface area contributed by atoms with E-state index in [0.717, 1.165) is 32.1 Å². The zero-order valence-electron chi connectivity index (χ0n) is 19.3. The Labute approximate surface area is 193 Å². The molecule has 176 valence electrons. The molecule has 1 aliphatic heterocycles. The standard InChI is InChI=1S/C26H31NO6/c1-14-12-19-23(24(29)20(14)25(30)32-3)22(16-8-7-9-17(28)13-16)21(15(2)27-19)26(31)33-18-10-5-4-6-11-18/h7-9,13-14,18,20,22,27-28H,4-6,10-12H2,1-3H3/t14-,20-,22+/m0/s1. The predicted molar refractivity (Wildman–Crippen MR) is 121 cm³/mol. The Bertz CT molecular complexity index is 1030. The van der Waals surface area contributed by atoms with E-state index in [4.69, 9.17) is 9.47 Å². The van der Waals surface area contributed by atoms with Gasteiger partial charge < -0.3 is 19.9 Å². The number of allylic oxidation sites excluding steroid dienone is 3. The monoisotopic (exact) mass is 453 g/mol. The van der Waals surface area contributed by atoms with Crippen LogP contribution in [0.2, 0.25) is 0 Å². The molecule has 33 heavy (non-hydrogen) atoms. The normalized spacial score (nSPS) is 25.9. The van der Waals surface area contributed by atoms with Crippen molar-refractivity contribution in [3.05, 3.63) is 52.4 Å². The number of methoxy groups -OCH3 is 1. The summed E-state index contributed by atoms with van der Waals surface area (Å²) in [4.78, 5) is 39.6. The lowest BCUT2D eigenvalue weighted by Crippen LogP contribution is -2.43. The van der Waals surface area contributed by atoms with Crippen LogP contribution in [0, 0.1) is 11.8 Å². The fourth-order valence-electron chi connectivity index (χ4n) is 5.39. The summed E-state index contributed by atoms with van der Waals surface area (Å²) in [6.07, 6.45) is 5.18. The maximum Gasteiger partial charge on any atom is 0.337 e. The fraction of sp³-hybridized carbons (Fsp3) is 0.500. The lowest BCUT2D eigenvalue weighted by atomic mass is 9.69. The number of carbonyl (C=O) groups excluding carboxylic acids is 3. The molecule has 0 unspecified atom stereocenters. The maximum atomic E-state index is 13.7. The number of rotatable bonds is 4. The molecule has 1 aromatic carbocycles. The number of phenols is 1. The van der Waals surface area contributed by atoms with Crippen molar-refractivity contribution in [3.8, 4) is 5.75 Å². The zero-order valence-corrected chi connectivity index (χ0v) is 19.3. The average molecular weight is 454 g/mol. The van der Waals surface area contributed by atoms with Gasteiger partial charge in [0.2, 0.25) is 0 Å². The van der Waals surface area contributed by atoms with Crippen LogP contribution in [0.3, 0.4) is 0 Å². The number of dihydropyridines is 1. The molecule has 3 atom stereocenters. The van der Waals surface area contributed by atoms with Gasteiger partial charge in [-0.05, 0) is 62.6 Å². The Kier molecular flexibility index (Phi) is 6.58. The quantitative estimate of drug-likeness (QED) is 0.527. The summed E-state index contributed by atoms with van der Waals surface area (Å²) in [5, 5.41) is 13.4. The lowest BCUT2D eigenvalue weighted by Gasteiger charge is -2.38. The van der Waals surface area contributed by atoms with Crippen molar-refractivity contribution in [2.75, 3.05) is 7.11 Å². The molecule has 1 fully saturated rings. The molecule has 0 aromatic heterocycles. The molecule has 2 aliphatic carbocycles. The van der Waals surface area contributed by atoms with Crippen LogP contribution in [-0.2, 0) is 23.9 Å². The molecule has 0 spiro atoms. The summed E-state index contributed by atoms with van der Waals surface area (Å²) < 4.78 is 10.8. The van der Waals surface area contributed by atoms with E-state index in [1.807, 2.05) is 6.92 Å². The van der Waals surface area contributed by atoms with E-state index >= 15 is 0 Å². The van der Waals surface area contributed by atoms with Crippen LogP contribution < -0.4 is 5.32 Å². The van der Waals surface area contributed by atoms with Crippen molar-refractivity contribution in [2.45, 2.75) is 64.4 Å². The highest BCUT2D eigenvalue weighted by Gasteiger charge is 2.47. The Morgan fingerprint density at radius 3 is 2.55 bits per heavy atom. The Hall–Kier alpha value is -3.09. The van der Waals surface area contributed by atoms with Gasteiger partial charge >= 0.3 is 11.9 Å². The minimum atomic E-state index is -0.940. The number of carbonyl (C=O) groups is 3. The number of nitrogens with one attached hydrogen (secondary N) is 1. The molecule has 7 heteroatoms. The Balaban J connectivity index is 1.78. The summed E-state index contributed by atoms with van der Waals surface area (Å²) in [6, 6.07) is 6.55. The van der Waals surface area contributed by atoms with Crippen LogP contribution in [0.15, 0.2) is 46.8 Å². The van der Waals surface area contributed by atoms with Crippen LogP contribution in [0.25, 0.3) is 0 Å². The minimum Gasteiger partial charge on any atom is -0.508 e. The fourth-order valence-corrected chi connectivity index (χ4v) is 5.39. The Morgan fingerprint density at radius 2 is 1.88 bits per heavy atom. The first-order valence-corrected chi connectivity index (χ1v) is 11.6. The summed E-state index contributed by atoms with van der Waals surface area (Å²) in [5.41, 5.74) is 2.64. The summed E-state index contributed by atoms with van der Waals surface area (Å²) >= 11 is 0. The van der Waals surface area contributed by atoms with E-state index in [1.54, 1.807) is 31.2 Å². The van der Waals surface area contributed by atoms with Crippen LogP contribution in [0.4, 0.5) is 0 Å². The summed E-state index contributed by atoms with van der Waals surface area (Å²) in [5.74, 6) is -3.29. The molecule has 1 aromatic rings. The van der Waals surface area contributed by atoms with Crippen molar-refractivity contribution in [3.63, 3.8) is 0 Å². The van der Waals surface area contributed by atoms with Gasteiger partial charge in [0, 0.05) is 22.9 Å². The first kappa shape index (κ1) is 23.1. The van der Waals surface area contributed by atoms with Crippen molar-refractivity contribution in [1.29, 1.82) is 0 Å². The molecule has 0 amide bonds. The highest BCUT2D eigenvalue weighted by molar-refractivity contribution is 6.12. The van der Waals surface area contributed by atoms with Gasteiger partial charge in [0.15, 0.2) is 5.78 Å². The topological polar surface area (TPSA) is 102 Å². The third kappa shape index (κ3) is 4.41. The molecule has 3 aliphatic rings. The third-order valence-electron chi connectivity index (χ3n) is 6.99. The highest BCUT2D eigenvalue weighted by Crippen LogP contribution is 2.46. The number of ketones is 1. The van der Waals surface area contributed by atoms with Gasteiger partial charge in [-0.1, -0.05) is 25.5 Å². The number of ether oxygens (including phenoxy) is 2. The van der Waals surface area contributed by atoms with Gasteiger partial charge in [-0.15, -0.1) is 0 Å². The van der Waals surface area contributed by atoms with E-state index in [1.165, 1.54) is 7.11 Å². The Morgan fingerprint density at radius 1 is 1.15 bits per heavy atom. The van der Waals surface area contributed by atoms with E-state index in [9.17, 15) is 19.5 Å². The molecule has 0 bridgehead atoms. The summed E-state index contributed by atoms with van der Waals surface area (Å²) in [7, 11) is 1.27. The van der Waals surface area contributed by atoms with E-state index in [2.05, 4.69) is 5.32 Å². The van der Waals surface area contributed by atoms with Gasteiger partial charge in [-0.3, -0.25) is 9.59 Å². The number of hydrogen-bond acceptors (Lipinski definition) is 7.